The third-order valence-corrected chi connectivity index (χ3v) is 5.79. The first-order valence-corrected chi connectivity index (χ1v) is 10.4. The molecule has 3 aromatic rings. The zero-order chi connectivity index (χ0) is 18.5. The summed E-state index contributed by atoms with van der Waals surface area (Å²) in [5.74, 6) is 1.13. The molecule has 2 N–H and O–H groups in total. The molecule has 0 saturated carbocycles. The molecule has 2 heterocycles. The van der Waals surface area contributed by atoms with Crippen LogP contribution in [-0.2, 0) is 7.05 Å². The van der Waals surface area contributed by atoms with Gasteiger partial charge in [0.05, 0.1) is 10.7 Å². The van der Waals surface area contributed by atoms with Crippen LogP contribution < -0.4 is 5.32 Å². The Morgan fingerprint density at radius 1 is 1.19 bits per heavy atom. The van der Waals surface area contributed by atoms with Gasteiger partial charge in [0.1, 0.15) is 0 Å². The Labute approximate surface area is 161 Å². The third-order valence-electron chi connectivity index (χ3n) is 4.57. The van der Waals surface area contributed by atoms with Crippen molar-refractivity contribution in [1.82, 2.24) is 14.5 Å². The van der Waals surface area contributed by atoms with Crippen LogP contribution in [0, 0.1) is 0 Å². The van der Waals surface area contributed by atoms with Crippen molar-refractivity contribution in [3.8, 4) is 11.1 Å². The van der Waals surface area contributed by atoms with Gasteiger partial charge in [0.25, 0.3) is 0 Å². The number of rotatable bonds is 9. The summed E-state index contributed by atoms with van der Waals surface area (Å²) in [4.78, 5) is 5.75. The monoisotopic (exact) mass is 370 g/mol. The summed E-state index contributed by atoms with van der Waals surface area (Å²) in [6, 6.07) is 8.62. The van der Waals surface area contributed by atoms with Gasteiger partial charge in [0.2, 0.25) is 0 Å². The van der Waals surface area contributed by atoms with Gasteiger partial charge in [-0.3, -0.25) is 0 Å². The summed E-state index contributed by atoms with van der Waals surface area (Å²) in [5, 5.41) is 6.26. The van der Waals surface area contributed by atoms with Crippen LogP contribution in [-0.4, -0.2) is 47.4 Å². The van der Waals surface area contributed by atoms with Crippen molar-refractivity contribution in [3.63, 3.8) is 0 Å². The van der Waals surface area contributed by atoms with Gasteiger partial charge < -0.3 is 19.8 Å². The van der Waals surface area contributed by atoms with E-state index in [1.807, 2.05) is 11.8 Å². The van der Waals surface area contributed by atoms with Crippen LogP contribution in [0.25, 0.3) is 22.0 Å². The van der Waals surface area contributed by atoms with Gasteiger partial charge >= 0.3 is 0 Å². The normalized spacial score (nSPS) is 11.6. The number of hydrogen-bond acceptors (Lipinski definition) is 3. The number of aromatic amines is 1. The van der Waals surface area contributed by atoms with E-state index in [-0.39, 0.29) is 0 Å². The van der Waals surface area contributed by atoms with E-state index >= 15 is 0 Å². The molecular weight excluding hydrogens is 340 g/mol. The maximum Gasteiger partial charge on any atom is 0.0964 e. The van der Waals surface area contributed by atoms with Gasteiger partial charge in [-0.25, -0.2) is 0 Å². The van der Waals surface area contributed by atoms with Crippen molar-refractivity contribution in [3.05, 3.63) is 36.7 Å². The summed E-state index contributed by atoms with van der Waals surface area (Å²) in [6.45, 7) is 4.30. The second-order valence-corrected chi connectivity index (χ2v) is 8.11. The lowest BCUT2D eigenvalue weighted by Crippen LogP contribution is -2.16. The molecule has 1 aromatic carbocycles. The minimum Gasteiger partial charge on any atom is -0.382 e. The van der Waals surface area contributed by atoms with Gasteiger partial charge in [0.15, 0.2) is 0 Å². The predicted octanol–water partition coefficient (Wildman–Crippen LogP) is 5.04. The molecule has 0 atom stereocenters. The largest absolute Gasteiger partial charge is 0.382 e. The smallest absolute Gasteiger partial charge is 0.0964 e. The van der Waals surface area contributed by atoms with Crippen molar-refractivity contribution in [2.75, 3.05) is 38.3 Å². The Bertz CT molecular complexity index is 847. The number of nitrogens with one attached hydrogen (secondary N) is 2. The molecule has 2 aromatic heterocycles. The van der Waals surface area contributed by atoms with E-state index in [2.05, 4.69) is 84.5 Å². The molecule has 0 unspecified atom stereocenters. The molecular formula is C21H30N4S. The second-order valence-electron chi connectivity index (χ2n) is 7.01. The number of thioether (sulfide) groups is 1. The lowest BCUT2D eigenvalue weighted by molar-refractivity contribution is 0.405. The van der Waals surface area contributed by atoms with E-state index in [0.717, 1.165) is 25.3 Å². The van der Waals surface area contributed by atoms with Gasteiger partial charge in [-0.05, 0) is 45.3 Å². The molecule has 0 spiro atoms. The number of para-hydroxylation sites is 1. The summed E-state index contributed by atoms with van der Waals surface area (Å²) >= 11 is 1.90. The Balaban J connectivity index is 1.93. The molecule has 0 radical (unpaired) electrons. The van der Waals surface area contributed by atoms with Gasteiger partial charge in [-0.2, -0.15) is 0 Å². The highest BCUT2D eigenvalue weighted by Gasteiger charge is 2.17. The number of fused-ring (bicyclic) bond motifs is 1. The van der Waals surface area contributed by atoms with E-state index in [1.165, 1.54) is 39.2 Å². The first kappa shape index (κ1) is 18.9. The number of aromatic nitrogens is 2. The first-order chi connectivity index (χ1) is 12.6. The van der Waals surface area contributed by atoms with Crippen molar-refractivity contribution in [2.24, 2.45) is 7.05 Å². The highest BCUT2D eigenvalue weighted by Crippen LogP contribution is 2.40. The molecule has 0 fully saturated rings. The molecule has 0 aliphatic heterocycles. The van der Waals surface area contributed by atoms with Gasteiger partial charge in [-0.1, -0.05) is 25.1 Å². The van der Waals surface area contributed by atoms with Crippen LogP contribution in [0.4, 0.5) is 5.69 Å². The molecule has 0 aliphatic rings. The Kier molecular flexibility index (Phi) is 6.33. The van der Waals surface area contributed by atoms with E-state index in [9.17, 15) is 0 Å². The SMILES string of the molecule is CCCSc1[nH]cc(-c2cn(C)c3ccccc23)c1NCCCN(C)C. The Morgan fingerprint density at radius 3 is 2.77 bits per heavy atom. The van der Waals surface area contributed by atoms with E-state index in [0.29, 0.717) is 0 Å². The van der Waals surface area contributed by atoms with Crippen molar-refractivity contribution >= 4 is 28.4 Å². The van der Waals surface area contributed by atoms with Gasteiger partial charge in [0, 0.05) is 48.0 Å². The van der Waals surface area contributed by atoms with Crippen LogP contribution in [0.15, 0.2) is 41.7 Å². The molecule has 5 heteroatoms. The van der Waals surface area contributed by atoms with Crippen LogP contribution in [0.5, 0.6) is 0 Å². The van der Waals surface area contributed by atoms with Crippen LogP contribution in [0.1, 0.15) is 19.8 Å². The number of benzene rings is 1. The predicted molar refractivity (Wildman–Crippen MR) is 115 cm³/mol. The summed E-state index contributed by atoms with van der Waals surface area (Å²) < 4.78 is 2.21. The molecule has 0 saturated heterocycles. The topological polar surface area (TPSA) is 36.0 Å². The van der Waals surface area contributed by atoms with E-state index in [4.69, 9.17) is 0 Å². The van der Waals surface area contributed by atoms with Crippen molar-refractivity contribution in [1.29, 1.82) is 0 Å². The summed E-state index contributed by atoms with van der Waals surface area (Å²) in [6.07, 6.45) is 6.71. The standard InChI is InChI=1S/C21H30N4S/c1-5-13-26-21-20(22-11-8-12-24(2)3)17(14-23-21)18-15-25(4)19-10-7-6-9-16(18)19/h6-7,9-10,14-15,22-23H,5,8,11-13H2,1-4H3. The van der Waals surface area contributed by atoms with Crippen LogP contribution >= 0.6 is 11.8 Å². The number of H-pyrrole nitrogens is 1. The lowest BCUT2D eigenvalue weighted by atomic mass is 10.1. The van der Waals surface area contributed by atoms with Crippen LogP contribution in [0.3, 0.4) is 0 Å². The minimum atomic E-state index is 0.980. The highest BCUT2D eigenvalue weighted by atomic mass is 32.2. The molecule has 140 valence electrons. The third kappa shape index (κ3) is 4.10. The summed E-state index contributed by atoms with van der Waals surface area (Å²) in [5.41, 5.74) is 5.08. The average Bonchev–Trinajstić information content (AvgIpc) is 3.18. The molecule has 0 aliphatic carbocycles. The quantitative estimate of drug-likeness (QED) is 0.409. The molecule has 3 rings (SSSR count). The maximum atomic E-state index is 3.71. The highest BCUT2D eigenvalue weighted by molar-refractivity contribution is 7.99. The van der Waals surface area contributed by atoms with Crippen molar-refractivity contribution < 1.29 is 0 Å². The van der Waals surface area contributed by atoms with Crippen LogP contribution in [0.2, 0.25) is 0 Å². The van der Waals surface area contributed by atoms with Gasteiger partial charge in [-0.15, -0.1) is 11.8 Å². The Morgan fingerprint density at radius 2 is 2.00 bits per heavy atom. The number of anilines is 1. The Hall–Kier alpha value is -1.85. The lowest BCUT2D eigenvalue weighted by Gasteiger charge is -2.13. The number of hydrogen-bond donors (Lipinski definition) is 2. The molecule has 0 amide bonds. The van der Waals surface area contributed by atoms with E-state index in [1.54, 1.807) is 0 Å². The first-order valence-electron chi connectivity index (χ1n) is 9.39. The maximum absolute atomic E-state index is 3.71. The fraction of sp³-hybridized carbons (Fsp3) is 0.429. The van der Waals surface area contributed by atoms with Crippen molar-refractivity contribution in [2.45, 2.75) is 24.8 Å². The molecule has 26 heavy (non-hydrogen) atoms. The average molecular weight is 371 g/mol. The fourth-order valence-corrected chi connectivity index (χ4v) is 4.15. The van der Waals surface area contributed by atoms with E-state index < -0.39 is 0 Å². The number of aryl methyl sites for hydroxylation is 1. The fourth-order valence-electron chi connectivity index (χ4n) is 3.28. The number of nitrogens with zero attached hydrogens (tertiary/aromatic N) is 2. The summed E-state index contributed by atoms with van der Waals surface area (Å²) in [7, 11) is 6.37. The molecule has 4 nitrogen and oxygen atoms in total. The second kappa shape index (κ2) is 8.69. The zero-order valence-electron chi connectivity index (χ0n) is 16.3. The minimum absolute atomic E-state index is 0.980. The zero-order valence-corrected chi connectivity index (χ0v) is 17.1. The molecule has 0 bridgehead atoms.